The first-order valence-electron chi connectivity index (χ1n) is 9.21. The average molecular weight is 377 g/mol. The second kappa shape index (κ2) is 7.68. The van der Waals surface area contributed by atoms with E-state index in [1.807, 2.05) is 41.3 Å². The first kappa shape index (κ1) is 18.0. The van der Waals surface area contributed by atoms with Crippen molar-refractivity contribution >= 4 is 11.7 Å². The van der Waals surface area contributed by atoms with E-state index in [0.717, 1.165) is 17.8 Å². The molecule has 0 saturated heterocycles. The molecule has 2 amide bonds. The van der Waals surface area contributed by atoms with Crippen molar-refractivity contribution in [2.45, 2.75) is 12.6 Å². The van der Waals surface area contributed by atoms with Gasteiger partial charge in [-0.2, -0.15) is 0 Å². The van der Waals surface area contributed by atoms with Crippen molar-refractivity contribution in [3.05, 3.63) is 78.1 Å². The minimum absolute atomic E-state index is 0.151. The zero-order chi connectivity index (χ0) is 19.5. The molecule has 1 N–H and O–H groups in total. The fraction of sp³-hybridized carbons (Fsp3) is 0.227. The number of rotatable bonds is 4. The number of methoxy groups -OCH3 is 2. The van der Waals surface area contributed by atoms with Crippen molar-refractivity contribution in [2.75, 3.05) is 26.1 Å². The number of nitrogens with zero attached hydrogens (tertiary/aromatic N) is 2. The molecule has 0 radical (unpaired) electrons. The van der Waals surface area contributed by atoms with Crippen LogP contribution in [0.25, 0.3) is 0 Å². The van der Waals surface area contributed by atoms with Crippen molar-refractivity contribution in [3.8, 4) is 11.5 Å². The van der Waals surface area contributed by atoms with Gasteiger partial charge in [0.15, 0.2) is 11.5 Å². The van der Waals surface area contributed by atoms with Crippen molar-refractivity contribution in [1.82, 2.24) is 9.47 Å². The van der Waals surface area contributed by atoms with E-state index in [1.165, 1.54) is 0 Å². The Morgan fingerprint density at radius 1 is 0.964 bits per heavy atom. The predicted octanol–water partition coefficient (Wildman–Crippen LogP) is 4.14. The lowest BCUT2D eigenvalue weighted by molar-refractivity contribution is 0.181. The number of hydrogen-bond donors (Lipinski definition) is 1. The second-order valence-corrected chi connectivity index (χ2v) is 6.60. The molecule has 6 nitrogen and oxygen atoms in total. The molecule has 2 aromatic carbocycles. The van der Waals surface area contributed by atoms with Gasteiger partial charge in [0.05, 0.1) is 25.9 Å². The fourth-order valence-electron chi connectivity index (χ4n) is 3.76. The van der Waals surface area contributed by atoms with E-state index in [4.69, 9.17) is 9.47 Å². The highest BCUT2D eigenvalue weighted by atomic mass is 16.5. The molecule has 0 bridgehead atoms. The molecule has 28 heavy (non-hydrogen) atoms. The Kier molecular flexibility index (Phi) is 4.93. The number of aromatic nitrogens is 1. The molecule has 1 aliphatic rings. The van der Waals surface area contributed by atoms with E-state index >= 15 is 0 Å². The van der Waals surface area contributed by atoms with E-state index in [2.05, 4.69) is 34.3 Å². The number of fused-ring (bicyclic) bond motifs is 1. The van der Waals surface area contributed by atoms with E-state index in [9.17, 15) is 4.79 Å². The third-order valence-corrected chi connectivity index (χ3v) is 5.06. The molecule has 0 spiro atoms. The molecule has 1 atom stereocenters. The maximum Gasteiger partial charge on any atom is 0.322 e. The molecule has 3 aromatic rings. The Bertz CT molecular complexity index is 968. The molecule has 1 aliphatic heterocycles. The zero-order valence-corrected chi connectivity index (χ0v) is 16.0. The molecular formula is C22H23N3O3. The highest BCUT2D eigenvalue weighted by molar-refractivity contribution is 5.92. The topological polar surface area (TPSA) is 55.7 Å². The van der Waals surface area contributed by atoms with Crippen LogP contribution in [0.1, 0.15) is 17.3 Å². The van der Waals surface area contributed by atoms with Gasteiger partial charge >= 0.3 is 6.03 Å². The average Bonchev–Trinajstić information content (AvgIpc) is 3.22. The molecule has 4 rings (SSSR count). The Hall–Kier alpha value is -3.41. The minimum Gasteiger partial charge on any atom is -0.493 e. The number of carbonyl (C=O) groups excluding carboxylic acids is 1. The van der Waals surface area contributed by atoms with Gasteiger partial charge < -0.3 is 24.3 Å². The lowest BCUT2D eigenvalue weighted by Crippen LogP contribution is -2.44. The van der Waals surface area contributed by atoms with E-state index in [1.54, 1.807) is 20.3 Å². The predicted molar refractivity (Wildman–Crippen MR) is 108 cm³/mol. The van der Waals surface area contributed by atoms with Gasteiger partial charge in [-0.1, -0.05) is 36.4 Å². The summed E-state index contributed by atoms with van der Waals surface area (Å²) in [6.45, 7) is 1.37. The molecule has 1 aromatic heterocycles. The summed E-state index contributed by atoms with van der Waals surface area (Å²) < 4.78 is 13.0. The van der Waals surface area contributed by atoms with Crippen LogP contribution in [-0.2, 0) is 6.54 Å². The summed E-state index contributed by atoms with van der Waals surface area (Å²) in [6.07, 6.45) is 2.06. The summed E-state index contributed by atoms with van der Waals surface area (Å²) in [7, 11) is 3.14. The van der Waals surface area contributed by atoms with Crippen LogP contribution in [0.15, 0.2) is 66.9 Å². The van der Waals surface area contributed by atoms with Gasteiger partial charge in [0.1, 0.15) is 0 Å². The molecule has 1 unspecified atom stereocenters. The summed E-state index contributed by atoms with van der Waals surface area (Å²) in [5.74, 6) is 1.09. The quantitative estimate of drug-likeness (QED) is 0.743. The van der Waals surface area contributed by atoms with E-state index in [-0.39, 0.29) is 12.1 Å². The molecule has 2 heterocycles. The highest BCUT2D eigenvalue weighted by Crippen LogP contribution is 2.36. The third-order valence-electron chi connectivity index (χ3n) is 5.06. The number of urea groups is 1. The Balaban J connectivity index is 1.67. The number of anilines is 1. The van der Waals surface area contributed by atoms with Gasteiger partial charge in [0, 0.05) is 25.0 Å². The first-order valence-corrected chi connectivity index (χ1v) is 9.21. The van der Waals surface area contributed by atoms with Crippen LogP contribution in [0, 0.1) is 0 Å². The number of benzene rings is 2. The van der Waals surface area contributed by atoms with Crippen LogP contribution in [0.3, 0.4) is 0 Å². The van der Waals surface area contributed by atoms with Crippen LogP contribution < -0.4 is 14.8 Å². The third kappa shape index (κ3) is 3.17. The molecule has 0 fully saturated rings. The van der Waals surface area contributed by atoms with Crippen LogP contribution in [0.5, 0.6) is 11.5 Å². The SMILES string of the molecule is COc1cccc(NC(=O)N2CCn3cccc3C2c2ccccc2)c1OC. The largest absolute Gasteiger partial charge is 0.493 e. The van der Waals surface area contributed by atoms with E-state index in [0.29, 0.717) is 23.7 Å². The second-order valence-electron chi connectivity index (χ2n) is 6.60. The van der Waals surface area contributed by atoms with Crippen LogP contribution in [-0.4, -0.2) is 36.3 Å². The Morgan fingerprint density at radius 2 is 1.79 bits per heavy atom. The number of hydrogen-bond acceptors (Lipinski definition) is 3. The van der Waals surface area contributed by atoms with Crippen molar-refractivity contribution in [2.24, 2.45) is 0 Å². The fourth-order valence-corrected chi connectivity index (χ4v) is 3.76. The zero-order valence-electron chi connectivity index (χ0n) is 16.0. The summed E-state index contributed by atoms with van der Waals surface area (Å²) in [4.78, 5) is 15.1. The lowest BCUT2D eigenvalue weighted by Gasteiger charge is -2.37. The van der Waals surface area contributed by atoms with Gasteiger partial charge in [-0.05, 0) is 29.8 Å². The van der Waals surface area contributed by atoms with Gasteiger partial charge in [-0.3, -0.25) is 0 Å². The number of carbonyl (C=O) groups is 1. The van der Waals surface area contributed by atoms with Gasteiger partial charge in [-0.15, -0.1) is 0 Å². The van der Waals surface area contributed by atoms with Gasteiger partial charge in [-0.25, -0.2) is 4.79 Å². The molecular weight excluding hydrogens is 354 g/mol. The number of amides is 2. The van der Waals surface area contributed by atoms with Crippen molar-refractivity contribution in [3.63, 3.8) is 0 Å². The number of para-hydroxylation sites is 1. The van der Waals surface area contributed by atoms with E-state index < -0.39 is 0 Å². The molecule has 0 saturated carbocycles. The van der Waals surface area contributed by atoms with Gasteiger partial charge in [0.2, 0.25) is 0 Å². The standard InChI is InChI=1S/C22H23N3O3/c1-27-19-12-6-10-17(21(19)28-2)23-22(26)25-15-14-24-13-7-11-18(24)20(25)16-8-4-3-5-9-16/h3-13,20H,14-15H2,1-2H3,(H,23,26). The smallest absolute Gasteiger partial charge is 0.322 e. The maximum atomic E-state index is 13.3. The van der Waals surface area contributed by atoms with Crippen LogP contribution in [0.4, 0.5) is 10.5 Å². The lowest BCUT2D eigenvalue weighted by atomic mass is 10.0. The van der Waals surface area contributed by atoms with Crippen molar-refractivity contribution < 1.29 is 14.3 Å². The monoisotopic (exact) mass is 377 g/mol. The molecule has 144 valence electrons. The van der Waals surface area contributed by atoms with Gasteiger partial charge in [0.25, 0.3) is 0 Å². The van der Waals surface area contributed by atoms with Crippen LogP contribution in [0.2, 0.25) is 0 Å². The molecule has 0 aliphatic carbocycles. The summed E-state index contributed by atoms with van der Waals surface area (Å²) in [6, 6.07) is 19.3. The Labute approximate surface area is 164 Å². The summed E-state index contributed by atoms with van der Waals surface area (Å²) in [5, 5.41) is 3.00. The Morgan fingerprint density at radius 3 is 2.54 bits per heavy atom. The summed E-state index contributed by atoms with van der Waals surface area (Å²) >= 11 is 0. The van der Waals surface area contributed by atoms with Crippen molar-refractivity contribution in [1.29, 1.82) is 0 Å². The minimum atomic E-state index is -0.173. The molecule has 6 heteroatoms. The normalized spacial score (nSPS) is 15.6. The number of ether oxygens (including phenoxy) is 2. The maximum absolute atomic E-state index is 13.3. The number of nitrogens with one attached hydrogen (secondary N) is 1. The highest BCUT2D eigenvalue weighted by Gasteiger charge is 2.32. The van der Waals surface area contributed by atoms with Crippen LogP contribution >= 0.6 is 0 Å². The summed E-state index contributed by atoms with van der Waals surface area (Å²) in [5.41, 5.74) is 2.76. The first-order chi connectivity index (χ1) is 13.7.